The first-order valence-electron chi connectivity index (χ1n) is 9.89. The summed E-state index contributed by atoms with van der Waals surface area (Å²) in [5, 5.41) is 2.28. The van der Waals surface area contributed by atoms with Crippen LogP contribution in [0, 0.1) is 23.7 Å². The summed E-state index contributed by atoms with van der Waals surface area (Å²) in [6, 6.07) is 10.5. The van der Waals surface area contributed by atoms with E-state index in [-0.39, 0.29) is 52.4 Å². The van der Waals surface area contributed by atoms with Crippen molar-refractivity contribution in [2.75, 3.05) is 10.2 Å². The number of carbonyl (C=O) groups excluding carboxylic acids is 3. The Labute approximate surface area is 175 Å². The van der Waals surface area contributed by atoms with Crippen LogP contribution in [-0.2, 0) is 15.8 Å². The topological polar surface area (TPSA) is 66.5 Å². The summed E-state index contributed by atoms with van der Waals surface area (Å²) >= 11 is 0. The Morgan fingerprint density at radius 3 is 2.23 bits per heavy atom. The van der Waals surface area contributed by atoms with Crippen molar-refractivity contribution in [2.45, 2.75) is 12.6 Å². The van der Waals surface area contributed by atoms with Gasteiger partial charge in [-0.1, -0.05) is 30.4 Å². The molecular formula is C23H17F3N2O3. The molecule has 0 spiro atoms. The van der Waals surface area contributed by atoms with E-state index in [2.05, 4.69) is 5.32 Å². The first-order valence-corrected chi connectivity index (χ1v) is 9.89. The quantitative estimate of drug-likeness (QED) is 0.589. The highest BCUT2D eigenvalue weighted by Gasteiger charge is 2.59. The summed E-state index contributed by atoms with van der Waals surface area (Å²) in [5.41, 5.74) is -1.02. The number of allylic oxidation sites excluding steroid dienone is 2. The molecule has 1 heterocycles. The highest BCUT2D eigenvalue weighted by Crippen LogP contribution is 2.53. The lowest BCUT2D eigenvalue weighted by atomic mass is 9.85. The normalized spacial score (nSPS) is 26.5. The highest BCUT2D eigenvalue weighted by atomic mass is 19.4. The number of para-hydroxylation sites is 1. The third-order valence-corrected chi connectivity index (χ3v) is 6.32. The summed E-state index contributed by atoms with van der Waals surface area (Å²) < 4.78 is 39.6. The number of carbonyl (C=O) groups is 3. The smallest absolute Gasteiger partial charge is 0.321 e. The number of amides is 3. The van der Waals surface area contributed by atoms with Gasteiger partial charge in [0.2, 0.25) is 11.8 Å². The molecule has 0 radical (unpaired) electrons. The van der Waals surface area contributed by atoms with Gasteiger partial charge in [-0.2, -0.15) is 13.2 Å². The summed E-state index contributed by atoms with van der Waals surface area (Å²) in [4.78, 5) is 39.7. The second-order valence-electron chi connectivity index (χ2n) is 8.06. The molecule has 0 unspecified atom stereocenters. The Kier molecular flexibility index (Phi) is 4.28. The van der Waals surface area contributed by atoms with Gasteiger partial charge in [0.05, 0.1) is 28.8 Å². The van der Waals surface area contributed by atoms with E-state index in [1.807, 2.05) is 12.2 Å². The second-order valence-corrected chi connectivity index (χ2v) is 8.06. The van der Waals surface area contributed by atoms with E-state index in [9.17, 15) is 27.6 Å². The summed E-state index contributed by atoms with van der Waals surface area (Å²) in [6.07, 6.45) is 0.165. The molecule has 0 aromatic heterocycles. The number of anilines is 2. The summed E-state index contributed by atoms with van der Waals surface area (Å²) in [6.45, 7) is 0. The van der Waals surface area contributed by atoms with Crippen molar-refractivity contribution in [1.82, 2.24) is 0 Å². The highest BCUT2D eigenvalue weighted by molar-refractivity contribution is 6.23. The lowest BCUT2D eigenvalue weighted by Crippen LogP contribution is -2.33. The number of hydrogen-bond donors (Lipinski definition) is 1. The van der Waals surface area contributed by atoms with Crippen molar-refractivity contribution in [3.8, 4) is 0 Å². The predicted octanol–water partition coefficient (Wildman–Crippen LogP) is 4.27. The molecule has 2 bridgehead atoms. The van der Waals surface area contributed by atoms with Crippen LogP contribution in [0.15, 0.2) is 60.7 Å². The van der Waals surface area contributed by atoms with Gasteiger partial charge in [-0.3, -0.25) is 14.4 Å². The Bertz CT molecular complexity index is 1110. The Hall–Kier alpha value is -3.42. The number of hydrogen-bond acceptors (Lipinski definition) is 3. The predicted molar refractivity (Wildman–Crippen MR) is 106 cm³/mol. The van der Waals surface area contributed by atoms with E-state index in [1.54, 1.807) is 6.07 Å². The molecule has 4 atom stereocenters. The third kappa shape index (κ3) is 3.05. The molecule has 3 aliphatic rings. The van der Waals surface area contributed by atoms with Gasteiger partial charge in [0.1, 0.15) is 0 Å². The summed E-state index contributed by atoms with van der Waals surface area (Å²) in [5.74, 6) is -1.97. The number of halogens is 3. The zero-order valence-electron chi connectivity index (χ0n) is 16.1. The van der Waals surface area contributed by atoms with Gasteiger partial charge in [0.15, 0.2) is 0 Å². The lowest BCUT2D eigenvalue weighted by molar-refractivity contribution is -0.137. The number of fused-ring (bicyclic) bond motifs is 5. The van der Waals surface area contributed by atoms with Crippen molar-refractivity contribution in [3.05, 3.63) is 71.8 Å². The molecule has 2 aromatic rings. The summed E-state index contributed by atoms with van der Waals surface area (Å²) in [7, 11) is 0. The fourth-order valence-electron chi connectivity index (χ4n) is 4.98. The molecule has 3 amide bonds. The van der Waals surface area contributed by atoms with Crippen LogP contribution in [0.5, 0.6) is 0 Å². The van der Waals surface area contributed by atoms with Gasteiger partial charge in [-0.05, 0) is 48.6 Å². The second kappa shape index (κ2) is 6.80. The molecule has 1 saturated heterocycles. The molecule has 158 valence electrons. The standard InChI is InChI=1S/C23H17F3N2O3/c24-23(25,26)16-6-1-2-7-17(16)27-20(29)14-4-3-5-15(11-14)28-21(30)18-12-8-9-13(10-12)19(18)22(28)31/h1-9,11-13,18-19H,10H2,(H,27,29)/t12-,13-,18-,19-/m0/s1. The number of nitrogens with zero attached hydrogens (tertiary/aromatic N) is 1. The largest absolute Gasteiger partial charge is 0.418 e. The van der Waals surface area contributed by atoms with Crippen LogP contribution in [-0.4, -0.2) is 17.7 Å². The first kappa shape index (κ1) is 19.5. The average Bonchev–Trinajstić information content (AvgIpc) is 3.41. The fraction of sp³-hybridized carbons (Fsp3) is 0.261. The van der Waals surface area contributed by atoms with Gasteiger partial charge in [-0.15, -0.1) is 0 Å². The number of alkyl halides is 3. The minimum atomic E-state index is -4.62. The van der Waals surface area contributed by atoms with Crippen LogP contribution in [0.3, 0.4) is 0 Å². The molecule has 1 N–H and O–H groups in total. The van der Waals surface area contributed by atoms with Gasteiger partial charge < -0.3 is 5.32 Å². The Morgan fingerprint density at radius 1 is 0.935 bits per heavy atom. The van der Waals surface area contributed by atoms with E-state index in [0.29, 0.717) is 0 Å². The fourth-order valence-corrected chi connectivity index (χ4v) is 4.98. The van der Waals surface area contributed by atoms with Crippen LogP contribution in [0.2, 0.25) is 0 Å². The van der Waals surface area contributed by atoms with Crippen LogP contribution in [0.1, 0.15) is 22.3 Å². The molecule has 8 heteroatoms. The maximum Gasteiger partial charge on any atom is 0.418 e. The molecular weight excluding hydrogens is 409 g/mol. The number of imide groups is 1. The van der Waals surface area contributed by atoms with Gasteiger partial charge in [0, 0.05) is 5.56 Å². The van der Waals surface area contributed by atoms with Crippen LogP contribution >= 0.6 is 0 Å². The Balaban J connectivity index is 1.41. The van der Waals surface area contributed by atoms with Crippen molar-refractivity contribution in [1.29, 1.82) is 0 Å². The molecule has 2 aromatic carbocycles. The number of benzene rings is 2. The van der Waals surface area contributed by atoms with Crippen LogP contribution in [0.25, 0.3) is 0 Å². The molecule has 31 heavy (non-hydrogen) atoms. The molecule has 5 nitrogen and oxygen atoms in total. The van der Waals surface area contributed by atoms with Crippen LogP contribution < -0.4 is 10.2 Å². The molecule has 1 aliphatic heterocycles. The van der Waals surface area contributed by atoms with Crippen molar-refractivity contribution in [3.63, 3.8) is 0 Å². The number of nitrogens with one attached hydrogen (secondary N) is 1. The molecule has 2 fully saturated rings. The maximum absolute atomic E-state index is 13.2. The van der Waals surface area contributed by atoms with Crippen molar-refractivity contribution < 1.29 is 27.6 Å². The van der Waals surface area contributed by atoms with E-state index in [4.69, 9.17) is 0 Å². The number of rotatable bonds is 3. The zero-order chi connectivity index (χ0) is 21.9. The van der Waals surface area contributed by atoms with Gasteiger partial charge in [0.25, 0.3) is 5.91 Å². The minimum Gasteiger partial charge on any atom is -0.321 e. The molecule has 2 aliphatic carbocycles. The minimum absolute atomic E-state index is 0.0493. The van der Waals surface area contributed by atoms with E-state index in [0.717, 1.165) is 17.4 Å². The van der Waals surface area contributed by atoms with Crippen LogP contribution in [0.4, 0.5) is 24.5 Å². The molecule has 1 saturated carbocycles. The SMILES string of the molecule is O=C(Nc1ccccc1C(F)(F)F)c1cccc(N2C(=O)[C@@H]3[C@@H](C2=O)[C@H]2C=C[C@H]3C2)c1. The molecule has 5 rings (SSSR count). The van der Waals surface area contributed by atoms with Gasteiger partial charge >= 0.3 is 6.18 Å². The average molecular weight is 426 g/mol. The Morgan fingerprint density at radius 2 is 1.58 bits per heavy atom. The van der Waals surface area contributed by atoms with E-state index in [1.165, 1.54) is 36.4 Å². The van der Waals surface area contributed by atoms with E-state index >= 15 is 0 Å². The van der Waals surface area contributed by atoms with Crippen molar-refractivity contribution >= 4 is 29.1 Å². The third-order valence-electron chi connectivity index (χ3n) is 6.32. The monoisotopic (exact) mass is 426 g/mol. The first-order chi connectivity index (χ1) is 14.8. The lowest BCUT2D eigenvalue weighted by Gasteiger charge is -2.18. The maximum atomic E-state index is 13.2. The van der Waals surface area contributed by atoms with E-state index < -0.39 is 17.6 Å². The van der Waals surface area contributed by atoms with Crippen molar-refractivity contribution in [2.24, 2.45) is 23.7 Å². The van der Waals surface area contributed by atoms with Gasteiger partial charge in [-0.25, -0.2) is 4.90 Å². The zero-order valence-corrected chi connectivity index (χ0v) is 16.1.